The molecule has 1 aromatic heterocycles. The van der Waals surface area contributed by atoms with Gasteiger partial charge in [0.25, 0.3) is 0 Å². The minimum Gasteiger partial charge on any atom is -0.308 e. The minimum absolute atomic E-state index is 0.130. The Morgan fingerprint density at radius 2 is 1.85 bits per heavy atom. The van der Waals surface area contributed by atoms with Crippen LogP contribution in [-0.2, 0) is 0 Å². The first-order valence-corrected chi connectivity index (χ1v) is 7.84. The van der Waals surface area contributed by atoms with Crippen LogP contribution in [0.1, 0.15) is 57.2 Å². The maximum Gasteiger partial charge on any atom is 0.0522 e. The SMILES string of the molecule is CCCNC(c1cncc(C)c1)C(CC)(CC)N(C)C. The van der Waals surface area contributed by atoms with Crippen LogP contribution in [0.4, 0.5) is 0 Å². The van der Waals surface area contributed by atoms with E-state index in [-0.39, 0.29) is 5.54 Å². The van der Waals surface area contributed by atoms with E-state index in [9.17, 15) is 0 Å². The maximum atomic E-state index is 4.40. The summed E-state index contributed by atoms with van der Waals surface area (Å²) in [6, 6.07) is 2.59. The van der Waals surface area contributed by atoms with Gasteiger partial charge in [-0.05, 0) is 58.0 Å². The van der Waals surface area contributed by atoms with Crippen LogP contribution in [0.3, 0.4) is 0 Å². The molecule has 0 aliphatic heterocycles. The number of nitrogens with one attached hydrogen (secondary N) is 1. The summed E-state index contributed by atoms with van der Waals surface area (Å²) in [5, 5.41) is 3.76. The molecule has 0 aromatic carbocycles. The van der Waals surface area contributed by atoms with Crippen LogP contribution in [0.25, 0.3) is 0 Å². The maximum absolute atomic E-state index is 4.40. The Balaban J connectivity index is 3.22. The molecule has 1 N–H and O–H groups in total. The average molecular weight is 277 g/mol. The highest BCUT2D eigenvalue weighted by atomic mass is 15.2. The van der Waals surface area contributed by atoms with E-state index >= 15 is 0 Å². The normalized spacial score (nSPS) is 13.8. The second-order valence-electron chi connectivity index (χ2n) is 5.89. The van der Waals surface area contributed by atoms with Crippen molar-refractivity contribution in [2.75, 3.05) is 20.6 Å². The molecule has 1 heterocycles. The summed E-state index contributed by atoms with van der Waals surface area (Å²) in [6.07, 6.45) is 7.32. The molecule has 0 aliphatic carbocycles. The Bertz CT molecular complexity index is 397. The average Bonchev–Trinajstić information content (AvgIpc) is 2.43. The zero-order chi connectivity index (χ0) is 15.2. The van der Waals surface area contributed by atoms with Gasteiger partial charge in [-0.1, -0.05) is 26.8 Å². The van der Waals surface area contributed by atoms with Crippen molar-refractivity contribution in [3.05, 3.63) is 29.6 Å². The van der Waals surface area contributed by atoms with Crippen LogP contribution < -0.4 is 5.32 Å². The molecule has 3 heteroatoms. The van der Waals surface area contributed by atoms with Crippen molar-refractivity contribution in [2.24, 2.45) is 0 Å². The van der Waals surface area contributed by atoms with E-state index in [1.165, 1.54) is 11.1 Å². The number of hydrogen-bond donors (Lipinski definition) is 1. The fourth-order valence-corrected chi connectivity index (χ4v) is 3.19. The Morgan fingerprint density at radius 1 is 1.20 bits per heavy atom. The quantitative estimate of drug-likeness (QED) is 0.787. The highest BCUT2D eigenvalue weighted by Crippen LogP contribution is 2.36. The molecule has 1 atom stereocenters. The highest BCUT2D eigenvalue weighted by molar-refractivity contribution is 5.24. The molecule has 114 valence electrons. The molecule has 3 nitrogen and oxygen atoms in total. The first kappa shape index (κ1) is 17.1. The first-order chi connectivity index (χ1) is 9.51. The Hall–Kier alpha value is -0.930. The van der Waals surface area contributed by atoms with E-state index in [0.717, 1.165) is 25.8 Å². The number of aryl methyl sites for hydroxylation is 1. The molecule has 20 heavy (non-hydrogen) atoms. The summed E-state index contributed by atoms with van der Waals surface area (Å²) >= 11 is 0. The van der Waals surface area contributed by atoms with E-state index in [2.05, 4.69) is 63.1 Å². The molecule has 1 aromatic rings. The van der Waals surface area contributed by atoms with Gasteiger partial charge in [0.2, 0.25) is 0 Å². The minimum atomic E-state index is 0.130. The second kappa shape index (κ2) is 7.75. The highest BCUT2D eigenvalue weighted by Gasteiger charge is 2.38. The zero-order valence-electron chi connectivity index (χ0n) is 14.0. The smallest absolute Gasteiger partial charge is 0.0522 e. The van der Waals surface area contributed by atoms with E-state index < -0.39 is 0 Å². The third-order valence-electron chi connectivity index (χ3n) is 4.48. The summed E-state index contributed by atoms with van der Waals surface area (Å²) in [6.45, 7) is 9.94. The van der Waals surface area contributed by atoms with Crippen molar-refractivity contribution in [2.45, 2.75) is 58.5 Å². The van der Waals surface area contributed by atoms with Crippen molar-refractivity contribution >= 4 is 0 Å². The molecule has 0 bridgehead atoms. The Kier molecular flexibility index (Phi) is 6.63. The molecular weight excluding hydrogens is 246 g/mol. The van der Waals surface area contributed by atoms with Crippen LogP contribution in [0.5, 0.6) is 0 Å². The van der Waals surface area contributed by atoms with Crippen molar-refractivity contribution < 1.29 is 0 Å². The number of hydrogen-bond acceptors (Lipinski definition) is 3. The van der Waals surface area contributed by atoms with Gasteiger partial charge >= 0.3 is 0 Å². The Labute approximate surface area is 124 Å². The van der Waals surface area contributed by atoms with Crippen molar-refractivity contribution in [3.63, 3.8) is 0 Å². The summed E-state index contributed by atoms with van der Waals surface area (Å²) in [5.74, 6) is 0. The van der Waals surface area contributed by atoms with Gasteiger partial charge in [-0.25, -0.2) is 0 Å². The van der Waals surface area contributed by atoms with Gasteiger partial charge in [-0.2, -0.15) is 0 Å². The lowest BCUT2D eigenvalue weighted by Crippen LogP contribution is -2.53. The molecular formula is C17H31N3. The van der Waals surface area contributed by atoms with Gasteiger partial charge in [-0.15, -0.1) is 0 Å². The molecule has 0 saturated heterocycles. The molecule has 1 rings (SSSR count). The van der Waals surface area contributed by atoms with E-state index in [1.54, 1.807) is 0 Å². The summed E-state index contributed by atoms with van der Waals surface area (Å²) in [5.41, 5.74) is 2.66. The molecule has 0 aliphatic rings. The van der Waals surface area contributed by atoms with E-state index in [0.29, 0.717) is 6.04 Å². The third-order valence-corrected chi connectivity index (χ3v) is 4.48. The van der Waals surface area contributed by atoms with E-state index in [4.69, 9.17) is 0 Å². The molecule has 0 fully saturated rings. The lowest BCUT2D eigenvalue weighted by molar-refractivity contribution is 0.0879. The van der Waals surface area contributed by atoms with Crippen LogP contribution >= 0.6 is 0 Å². The summed E-state index contributed by atoms with van der Waals surface area (Å²) < 4.78 is 0. The van der Waals surface area contributed by atoms with Gasteiger partial charge in [0.1, 0.15) is 0 Å². The molecule has 0 saturated carbocycles. The number of nitrogens with zero attached hydrogens (tertiary/aromatic N) is 2. The molecule has 1 unspecified atom stereocenters. The zero-order valence-corrected chi connectivity index (χ0v) is 14.0. The molecule has 0 spiro atoms. The van der Waals surface area contributed by atoms with E-state index in [1.807, 2.05) is 12.4 Å². The predicted molar refractivity (Wildman–Crippen MR) is 87.0 cm³/mol. The number of rotatable bonds is 8. The monoisotopic (exact) mass is 277 g/mol. The van der Waals surface area contributed by atoms with Crippen LogP contribution in [-0.4, -0.2) is 36.1 Å². The van der Waals surface area contributed by atoms with Crippen molar-refractivity contribution in [3.8, 4) is 0 Å². The van der Waals surface area contributed by atoms with Gasteiger partial charge < -0.3 is 10.2 Å². The first-order valence-electron chi connectivity index (χ1n) is 7.84. The number of likely N-dealkylation sites (N-methyl/N-ethyl adjacent to an activating group) is 1. The predicted octanol–water partition coefficient (Wildman–Crippen LogP) is 3.55. The van der Waals surface area contributed by atoms with Gasteiger partial charge in [0.15, 0.2) is 0 Å². The fourth-order valence-electron chi connectivity index (χ4n) is 3.19. The molecule has 0 amide bonds. The fraction of sp³-hybridized carbons (Fsp3) is 0.706. The number of pyridine rings is 1. The van der Waals surface area contributed by atoms with Crippen LogP contribution in [0.15, 0.2) is 18.5 Å². The second-order valence-corrected chi connectivity index (χ2v) is 5.89. The lowest BCUT2D eigenvalue weighted by Gasteiger charge is -2.45. The third kappa shape index (κ3) is 3.58. The Morgan fingerprint density at radius 3 is 2.30 bits per heavy atom. The summed E-state index contributed by atoms with van der Waals surface area (Å²) in [7, 11) is 4.38. The summed E-state index contributed by atoms with van der Waals surface area (Å²) in [4.78, 5) is 6.77. The van der Waals surface area contributed by atoms with Gasteiger partial charge in [0.05, 0.1) is 6.04 Å². The van der Waals surface area contributed by atoms with Crippen molar-refractivity contribution in [1.29, 1.82) is 0 Å². The lowest BCUT2D eigenvalue weighted by atomic mass is 9.79. The van der Waals surface area contributed by atoms with Gasteiger partial charge in [-0.3, -0.25) is 4.98 Å². The van der Waals surface area contributed by atoms with Crippen LogP contribution in [0, 0.1) is 6.92 Å². The van der Waals surface area contributed by atoms with Crippen LogP contribution in [0.2, 0.25) is 0 Å². The largest absolute Gasteiger partial charge is 0.308 e. The van der Waals surface area contributed by atoms with Gasteiger partial charge in [0, 0.05) is 17.9 Å². The molecule has 0 radical (unpaired) electrons. The topological polar surface area (TPSA) is 28.2 Å². The van der Waals surface area contributed by atoms with Crippen molar-refractivity contribution in [1.82, 2.24) is 15.2 Å². The standard InChI is InChI=1S/C17H31N3/c1-7-10-19-16(15-11-14(4)12-18-13-15)17(8-2,9-3)20(5)6/h11-13,16,19H,7-10H2,1-6H3. The number of aromatic nitrogens is 1.